The number of rotatable bonds is 5. The fraction of sp³-hybridized carbons (Fsp3) is 0.500. The smallest absolute Gasteiger partial charge is 0.225 e. The van der Waals surface area contributed by atoms with Gasteiger partial charge in [0, 0.05) is 5.02 Å². The minimum atomic E-state index is -1.23. The first-order valence-electron chi connectivity index (χ1n) is 6.08. The Labute approximate surface area is 118 Å². The van der Waals surface area contributed by atoms with E-state index in [0.29, 0.717) is 11.4 Å². The third-order valence-electron chi connectivity index (χ3n) is 2.55. The molecule has 0 spiro atoms. The topological polar surface area (TPSA) is 72.6 Å². The van der Waals surface area contributed by atoms with Crippen LogP contribution in [-0.4, -0.2) is 22.9 Å². The number of nitrogens with two attached hydrogens (primary N) is 1. The molecule has 1 amide bonds. The van der Waals surface area contributed by atoms with E-state index >= 15 is 0 Å². The largest absolute Gasteiger partial charge is 0.369 e. The van der Waals surface area contributed by atoms with Gasteiger partial charge < -0.3 is 15.6 Å². The van der Waals surface area contributed by atoms with E-state index in [1.807, 2.05) is 0 Å². The Balaban J connectivity index is 2.78. The first-order valence-corrected chi connectivity index (χ1v) is 6.46. The van der Waals surface area contributed by atoms with E-state index in [1.54, 1.807) is 45.0 Å². The molecule has 0 saturated carbocycles. The molecule has 0 heterocycles. The van der Waals surface area contributed by atoms with E-state index < -0.39 is 23.7 Å². The summed E-state index contributed by atoms with van der Waals surface area (Å²) in [5, 5.41) is 10.6. The molecule has 19 heavy (non-hydrogen) atoms. The van der Waals surface area contributed by atoms with Crippen molar-refractivity contribution in [2.45, 2.75) is 39.1 Å². The van der Waals surface area contributed by atoms with Gasteiger partial charge in [0.2, 0.25) is 5.91 Å². The number of amides is 1. The third kappa shape index (κ3) is 5.59. The van der Waals surface area contributed by atoms with Crippen LogP contribution in [0, 0.1) is 5.92 Å². The zero-order valence-corrected chi connectivity index (χ0v) is 12.1. The van der Waals surface area contributed by atoms with Crippen molar-refractivity contribution < 1.29 is 14.6 Å². The summed E-state index contributed by atoms with van der Waals surface area (Å²) in [6, 6.07) is 7.04. The van der Waals surface area contributed by atoms with Gasteiger partial charge in [-0.05, 0) is 44.9 Å². The van der Waals surface area contributed by atoms with Crippen molar-refractivity contribution in [3.8, 4) is 0 Å². The Hall–Kier alpha value is -1.10. The van der Waals surface area contributed by atoms with E-state index in [1.165, 1.54) is 0 Å². The summed E-state index contributed by atoms with van der Waals surface area (Å²) in [6.07, 6.45) is -0.919. The molecule has 0 aromatic heterocycles. The standard InChI is InChI=1S/C14H20ClNO3/c1-14(2,3)19-13(18)11(12(16)17)8-9-4-6-10(15)7-5-9/h4-7,11,13,18H,8H2,1-3H3,(H2,16,17). The molecule has 0 aliphatic heterocycles. The van der Waals surface area contributed by atoms with Gasteiger partial charge in [0.1, 0.15) is 0 Å². The molecule has 106 valence electrons. The van der Waals surface area contributed by atoms with Crippen molar-refractivity contribution in [3.05, 3.63) is 34.9 Å². The molecule has 4 nitrogen and oxygen atoms in total. The number of halogens is 1. The van der Waals surface area contributed by atoms with Crippen LogP contribution in [0.15, 0.2) is 24.3 Å². The Bertz CT molecular complexity index is 425. The molecule has 1 aromatic rings. The van der Waals surface area contributed by atoms with Crippen LogP contribution in [0.1, 0.15) is 26.3 Å². The minimum Gasteiger partial charge on any atom is -0.369 e. The number of carbonyl (C=O) groups excluding carboxylic acids is 1. The van der Waals surface area contributed by atoms with E-state index in [9.17, 15) is 9.90 Å². The molecule has 2 unspecified atom stereocenters. The van der Waals surface area contributed by atoms with E-state index in [4.69, 9.17) is 22.1 Å². The van der Waals surface area contributed by atoms with Gasteiger partial charge in [0.05, 0.1) is 11.5 Å². The number of hydrogen-bond acceptors (Lipinski definition) is 3. The van der Waals surface area contributed by atoms with Crippen LogP contribution < -0.4 is 5.73 Å². The van der Waals surface area contributed by atoms with Crippen LogP contribution in [0.4, 0.5) is 0 Å². The fourth-order valence-electron chi connectivity index (χ4n) is 1.66. The first-order chi connectivity index (χ1) is 8.69. The quantitative estimate of drug-likeness (QED) is 0.814. The Morgan fingerprint density at radius 3 is 2.32 bits per heavy atom. The van der Waals surface area contributed by atoms with Crippen LogP contribution in [0.2, 0.25) is 5.02 Å². The Kier molecular flexibility index (Phi) is 5.35. The Morgan fingerprint density at radius 1 is 1.37 bits per heavy atom. The van der Waals surface area contributed by atoms with Crippen LogP contribution in [0.5, 0.6) is 0 Å². The molecule has 0 bridgehead atoms. The molecule has 3 N–H and O–H groups in total. The highest BCUT2D eigenvalue weighted by Crippen LogP contribution is 2.20. The summed E-state index contributed by atoms with van der Waals surface area (Å²) in [4.78, 5) is 11.5. The number of benzene rings is 1. The van der Waals surface area contributed by atoms with Gasteiger partial charge in [-0.2, -0.15) is 0 Å². The average molecular weight is 286 g/mol. The number of carbonyl (C=O) groups is 1. The van der Waals surface area contributed by atoms with Crippen LogP contribution in [0.3, 0.4) is 0 Å². The number of aliphatic hydroxyl groups is 1. The summed E-state index contributed by atoms with van der Waals surface area (Å²) in [6.45, 7) is 5.41. The van der Waals surface area contributed by atoms with Crippen molar-refractivity contribution in [3.63, 3.8) is 0 Å². The lowest BCUT2D eigenvalue weighted by molar-refractivity contribution is -0.192. The molecule has 0 aliphatic carbocycles. The van der Waals surface area contributed by atoms with Gasteiger partial charge in [-0.1, -0.05) is 23.7 Å². The molecule has 1 rings (SSSR count). The second-order valence-corrected chi connectivity index (χ2v) is 5.90. The number of primary amides is 1. The maximum atomic E-state index is 11.5. The van der Waals surface area contributed by atoms with Gasteiger partial charge in [0.25, 0.3) is 0 Å². The molecule has 2 atom stereocenters. The zero-order chi connectivity index (χ0) is 14.6. The lowest BCUT2D eigenvalue weighted by Crippen LogP contribution is -2.40. The van der Waals surface area contributed by atoms with Gasteiger partial charge in [-0.15, -0.1) is 0 Å². The normalized spacial score (nSPS) is 15.0. The highest BCUT2D eigenvalue weighted by Gasteiger charge is 2.29. The predicted molar refractivity (Wildman–Crippen MR) is 74.7 cm³/mol. The van der Waals surface area contributed by atoms with E-state index in [0.717, 1.165) is 5.56 Å². The van der Waals surface area contributed by atoms with E-state index in [-0.39, 0.29) is 0 Å². The summed E-state index contributed by atoms with van der Waals surface area (Å²) < 4.78 is 5.39. The molecular weight excluding hydrogens is 266 g/mol. The first kappa shape index (κ1) is 16.0. The fourth-order valence-corrected chi connectivity index (χ4v) is 1.79. The van der Waals surface area contributed by atoms with Gasteiger partial charge in [-0.25, -0.2) is 0 Å². The van der Waals surface area contributed by atoms with Crippen LogP contribution >= 0.6 is 11.6 Å². The molecule has 0 saturated heterocycles. The van der Waals surface area contributed by atoms with Crippen molar-refractivity contribution in [1.82, 2.24) is 0 Å². The van der Waals surface area contributed by atoms with Crippen molar-refractivity contribution in [2.75, 3.05) is 0 Å². The van der Waals surface area contributed by atoms with Crippen molar-refractivity contribution in [2.24, 2.45) is 11.7 Å². The molecular formula is C14H20ClNO3. The van der Waals surface area contributed by atoms with Crippen molar-refractivity contribution in [1.29, 1.82) is 0 Å². The SMILES string of the molecule is CC(C)(C)OC(O)C(Cc1ccc(Cl)cc1)C(N)=O. The molecule has 0 radical (unpaired) electrons. The highest BCUT2D eigenvalue weighted by atomic mass is 35.5. The van der Waals surface area contributed by atoms with Gasteiger partial charge in [-0.3, -0.25) is 4.79 Å². The maximum Gasteiger partial charge on any atom is 0.225 e. The lowest BCUT2D eigenvalue weighted by Gasteiger charge is -2.28. The highest BCUT2D eigenvalue weighted by molar-refractivity contribution is 6.30. The molecule has 5 heteroatoms. The molecule has 1 aromatic carbocycles. The Morgan fingerprint density at radius 2 is 1.89 bits per heavy atom. The second kappa shape index (κ2) is 6.37. The average Bonchev–Trinajstić information content (AvgIpc) is 2.25. The van der Waals surface area contributed by atoms with Crippen molar-refractivity contribution >= 4 is 17.5 Å². The number of ether oxygens (including phenoxy) is 1. The number of aliphatic hydroxyl groups excluding tert-OH is 1. The molecule has 0 fully saturated rings. The summed E-state index contributed by atoms with van der Waals surface area (Å²) in [5.41, 5.74) is 5.65. The zero-order valence-electron chi connectivity index (χ0n) is 11.4. The summed E-state index contributed by atoms with van der Waals surface area (Å²) in [7, 11) is 0. The minimum absolute atomic E-state index is 0.309. The van der Waals surface area contributed by atoms with Gasteiger partial charge in [0.15, 0.2) is 6.29 Å². The lowest BCUT2D eigenvalue weighted by atomic mass is 9.97. The molecule has 0 aliphatic rings. The third-order valence-corrected chi connectivity index (χ3v) is 2.80. The maximum absolute atomic E-state index is 11.5. The monoisotopic (exact) mass is 285 g/mol. The number of hydrogen-bond donors (Lipinski definition) is 2. The van der Waals surface area contributed by atoms with Crippen LogP contribution in [-0.2, 0) is 16.0 Å². The van der Waals surface area contributed by atoms with Crippen LogP contribution in [0.25, 0.3) is 0 Å². The summed E-state index contributed by atoms with van der Waals surface area (Å²) >= 11 is 5.79. The second-order valence-electron chi connectivity index (χ2n) is 5.46. The van der Waals surface area contributed by atoms with Gasteiger partial charge >= 0.3 is 0 Å². The van der Waals surface area contributed by atoms with E-state index in [2.05, 4.69) is 0 Å². The predicted octanol–water partition coefficient (Wildman–Crippen LogP) is 2.12. The summed E-state index contributed by atoms with van der Waals surface area (Å²) in [5.74, 6) is -1.38.